The van der Waals surface area contributed by atoms with E-state index < -0.39 is 35.4 Å². The van der Waals surface area contributed by atoms with Gasteiger partial charge in [0.1, 0.15) is 11.6 Å². The van der Waals surface area contributed by atoms with Crippen molar-refractivity contribution in [2.45, 2.75) is 19.1 Å². The number of hydrogen-bond donors (Lipinski definition) is 1. The number of nitrogens with two attached hydrogens (primary N) is 1. The molecule has 0 radical (unpaired) electrons. The first-order valence-corrected chi connectivity index (χ1v) is 5.88. The summed E-state index contributed by atoms with van der Waals surface area (Å²) >= 11 is 2.88. The molecule has 0 aliphatic carbocycles. The molecule has 1 rings (SSSR count). The fraction of sp³-hybridized carbons (Fsp3) is 0.364. The Morgan fingerprint density at radius 3 is 2.32 bits per heavy atom. The van der Waals surface area contributed by atoms with E-state index in [2.05, 4.69) is 20.7 Å². The summed E-state index contributed by atoms with van der Waals surface area (Å²) in [5.74, 6) is -3.30. The van der Waals surface area contributed by atoms with E-state index in [1.807, 2.05) is 0 Å². The number of rotatable bonds is 4. The maximum absolute atomic E-state index is 13.6. The molecule has 0 saturated heterocycles. The largest absolute Gasteiger partial charge is 0.464 e. The zero-order chi connectivity index (χ0) is 13.9. The van der Waals surface area contributed by atoms with Crippen molar-refractivity contribution in [2.75, 3.05) is 6.61 Å². The van der Waals surface area contributed by atoms with Crippen molar-refractivity contribution >= 4 is 34.3 Å². The SMILES string of the molecule is CCOC(=O)C(F)[C@H](N)c1c(F)cc(Br)cc1F.Cl. The summed E-state index contributed by atoms with van der Waals surface area (Å²) in [4.78, 5) is 11.1. The molecular formula is C11H12BrClF3NO2. The maximum Gasteiger partial charge on any atom is 0.342 e. The molecule has 8 heteroatoms. The van der Waals surface area contributed by atoms with Crippen molar-refractivity contribution in [3.63, 3.8) is 0 Å². The average molecular weight is 363 g/mol. The fourth-order valence-electron chi connectivity index (χ4n) is 1.39. The molecule has 0 heterocycles. The number of ether oxygens (including phenoxy) is 1. The van der Waals surface area contributed by atoms with Gasteiger partial charge in [-0.15, -0.1) is 12.4 Å². The molecule has 0 aromatic heterocycles. The minimum absolute atomic E-state index is 0. The highest BCUT2D eigenvalue weighted by molar-refractivity contribution is 9.10. The van der Waals surface area contributed by atoms with Gasteiger partial charge in [0.05, 0.1) is 12.6 Å². The molecule has 2 atom stereocenters. The van der Waals surface area contributed by atoms with Crippen molar-refractivity contribution in [3.8, 4) is 0 Å². The summed E-state index contributed by atoms with van der Waals surface area (Å²) in [6.45, 7) is 1.44. The van der Waals surface area contributed by atoms with Crippen LogP contribution in [-0.2, 0) is 9.53 Å². The van der Waals surface area contributed by atoms with Crippen LogP contribution in [0.4, 0.5) is 13.2 Å². The average Bonchev–Trinajstić information content (AvgIpc) is 2.26. The number of carbonyl (C=O) groups excluding carboxylic acids is 1. The highest BCUT2D eigenvalue weighted by Crippen LogP contribution is 2.27. The molecule has 1 unspecified atom stereocenters. The Labute approximate surface area is 122 Å². The predicted octanol–water partition coefficient (Wildman–Crippen LogP) is 3.05. The van der Waals surface area contributed by atoms with Gasteiger partial charge in [-0.25, -0.2) is 18.0 Å². The van der Waals surface area contributed by atoms with Crippen LogP contribution in [0.3, 0.4) is 0 Å². The number of alkyl halides is 1. The van der Waals surface area contributed by atoms with E-state index in [0.29, 0.717) is 0 Å². The van der Waals surface area contributed by atoms with Crippen molar-refractivity contribution in [2.24, 2.45) is 5.73 Å². The van der Waals surface area contributed by atoms with Crippen molar-refractivity contribution in [1.82, 2.24) is 0 Å². The molecule has 1 aromatic rings. The lowest BCUT2D eigenvalue weighted by Crippen LogP contribution is -2.32. The number of hydrogen-bond acceptors (Lipinski definition) is 3. The Hall–Kier alpha value is -0.790. The van der Waals surface area contributed by atoms with Gasteiger partial charge in [0.15, 0.2) is 0 Å². The van der Waals surface area contributed by atoms with Gasteiger partial charge in [0.2, 0.25) is 6.17 Å². The summed E-state index contributed by atoms with van der Waals surface area (Å²) in [6.07, 6.45) is -2.32. The van der Waals surface area contributed by atoms with E-state index in [4.69, 9.17) is 5.73 Å². The zero-order valence-electron chi connectivity index (χ0n) is 9.83. The fourth-order valence-corrected chi connectivity index (χ4v) is 1.79. The first-order chi connectivity index (χ1) is 8.38. The number of benzene rings is 1. The third-order valence-electron chi connectivity index (χ3n) is 2.20. The van der Waals surface area contributed by atoms with E-state index >= 15 is 0 Å². The number of halogens is 5. The maximum atomic E-state index is 13.6. The number of esters is 1. The highest BCUT2D eigenvalue weighted by atomic mass is 79.9. The monoisotopic (exact) mass is 361 g/mol. The molecule has 2 N–H and O–H groups in total. The van der Waals surface area contributed by atoms with E-state index in [1.54, 1.807) is 0 Å². The van der Waals surface area contributed by atoms with Crippen LogP contribution in [0.1, 0.15) is 18.5 Å². The molecule has 0 spiro atoms. The van der Waals surface area contributed by atoms with Gasteiger partial charge in [-0.1, -0.05) is 15.9 Å². The molecular weight excluding hydrogens is 350 g/mol. The minimum Gasteiger partial charge on any atom is -0.464 e. The van der Waals surface area contributed by atoms with Gasteiger partial charge in [0, 0.05) is 10.0 Å². The van der Waals surface area contributed by atoms with Gasteiger partial charge >= 0.3 is 5.97 Å². The molecule has 0 saturated carbocycles. The van der Waals surface area contributed by atoms with Gasteiger partial charge in [-0.3, -0.25) is 0 Å². The zero-order valence-corrected chi connectivity index (χ0v) is 12.2. The molecule has 0 aliphatic rings. The standard InChI is InChI=1S/C11H11BrF3NO2.ClH/c1-2-18-11(17)9(15)10(16)8-6(13)3-5(12)4-7(8)14;/h3-4,9-10H,2,16H2,1H3;1H/t9?,10-;/m1./s1. The number of carbonyl (C=O) groups is 1. The smallest absolute Gasteiger partial charge is 0.342 e. The Kier molecular flexibility index (Phi) is 7.39. The van der Waals surface area contributed by atoms with E-state index in [0.717, 1.165) is 12.1 Å². The van der Waals surface area contributed by atoms with Gasteiger partial charge < -0.3 is 10.5 Å². The van der Waals surface area contributed by atoms with Crippen LogP contribution < -0.4 is 5.73 Å². The second kappa shape index (κ2) is 7.72. The lowest BCUT2D eigenvalue weighted by molar-refractivity contribution is -0.150. The first kappa shape index (κ1) is 18.2. The normalized spacial score (nSPS) is 13.4. The third-order valence-corrected chi connectivity index (χ3v) is 2.66. The van der Waals surface area contributed by atoms with Crippen molar-refractivity contribution in [3.05, 3.63) is 33.8 Å². The second-order valence-electron chi connectivity index (χ2n) is 3.46. The Morgan fingerprint density at radius 1 is 1.42 bits per heavy atom. The molecule has 108 valence electrons. The molecule has 0 aliphatic heterocycles. The van der Waals surface area contributed by atoms with Crippen LogP contribution >= 0.6 is 28.3 Å². The predicted molar refractivity (Wildman–Crippen MR) is 69.8 cm³/mol. The van der Waals surface area contributed by atoms with Crippen molar-refractivity contribution < 1.29 is 22.7 Å². The van der Waals surface area contributed by atoms with Crippen LogP contribution in [0, 0.1) is 11.6 Å². The summed E-state index contributed by atoms with van der Waals surface area (Å²) in [5, 5.41) is 0. The Morgan fingerprint density at radius 2 is 1.89 bits per heavy atom. The van der Waals surface area contributed by atoms with E-state index in [9.17, 15) is 18.0 Å². The van der Waals surface area contributed by atoms with Crippen LogP contribution in [0.5, 0.6) is 0 Å². The van der Waals surface area contributed by atoms with E-state index in [1.165, 1.54) is 6.92 Å². The molecule has 3 nitrogen and oxygen atoms in total. The molecule has 19 heavy (non-hydrogen) atoms. The lowest BCUT2D eigenvalue weighted by atomic mass is 10.0. The Bertz CT molecular complexity index is 439. The molecule has 0 fully saturated rings. The quantitative estimate of drug-likeness (QED) is 0.838. The molecule has 0 amide bonds. The summed E-state index contributed by atoms with van der Waals surface area (Å²) in [5.41, 5.74) is 4.67. The van der Waals surface area contributed by atoms with Crippen LogP contribution in [-0.4, -0.2) is 18.7 Å². The van der Waals surface area contributed by atoms with E-state index in [-0.39, 0.29) is 23.5 Å². The van der Waals surface area contributed by atoms with Crippen LogP contribution in [0.15, 0.2) is 16.6 Å². The third kappa shape index (κ3) is 4.36. The highest BCUT2D eigenvalue weighted by Gasteiger charge is 2.31. The Balaban J connectivity index is 0.00000324. The minimum atomic E-state index is -2.32. The lowest BCUT2D eigenvalue weighted by Gasteiger charge is -2.17. The van der Waals surface area contributed by atoms with Gasteiger partial charge in [-0.05, 0) is 19.1 Å². The summed E-state index contributed by atoms with van der Waals surface area (Å²) < 4.78 is 45.1. The second-order valence-corrected chi connectivity index (χ2v) is 4.38. The van der Waals surface area contributed by atoms with Crippen molar-refractivity contribution in [1.29, 1.82) is 0 Å². The van der Waals surface area contributed by atoms with Crippen LogP contribution in [0.2, 0.25) is 0 Å². The summed E-state index contributed by atoms with van der Waals surface area (Å²) in [7, 11) is 0. The molecule has 0 bridgehead atoms. The van der Waals surface area contributed by atoms with Gasteiger partial charge in [-0.2, -0.15) is 0 Å². The topological polar surface area (TPSA) is 52.3 Å². The first-order valence-electron chi connectivity index (χ1n) is 5.09. The molecule has 1 aromatic carbocycles. The van der Waals surface area contributed by atoms with Gasteiger partial charge in [0.25, 0.3) is 0 Å². The summed E-state index contributed by atoms with van der Waals surface area (Å²) in [6, 6.07) is 0.129. The van der Waals surface area contributed by atoms with Crippen LogP contribution in [0.25, 0.3) is 0 Å².